The van der Waals surface area contributed by atoms with Gasteiger partial charge in [0.1, 0.15) is 6.54 Å². The molecule has 18 heavy (non-hydrogen) atoms. The molecule has 6 nitrogen and oxygen atoms in total. The van der Waals surface area contributed by atoms with E-state index in [0.29, 0.717) is 10.7 Å². The first-order chi connectivity index (χ1) is 8.54. The number of carbonyl (C=O) groups is 2. The van der Waals surface area contributed by atoms with Crippen molar-refractivity contribution in [3.63, 3.8) is 0 Å². The lowest BCUT2D eigenvalue weighted by molar-refractivity contribution is -0.135. The third-order valence-electron chi connectivity index (χ3n) is 2.08. The fourth-order valence-electron chi connectivity index (χ4n) is 1.33. The van der Waals surface area contributed by atoms with Gasteiger partial charge in [0.15, 0.2) is 0 Å². The molecule has 0 heterocycles. The van der Waals surface area contributed by atoms with Crippen LogP contribution in [0.5, 0.6) is 0 Å². The van der Waals surface area contributed by atoms with E-state index in [9.17, 15) is 9.59 Å². The van der Waals surface area contributed by atoms with Crippen molar-refractivity contribution in [2.45, 2.75) is 0 Å². The van der Waals surface area contributed by atoms with E-state index in [4.69, 9.17) is 22.4 Å². The summed E-state index contributed by atoms with van der Waals surface area (Å²) in [6.07, 6.45) is 0. The van der Waals surface area contributed by atoms with Crippen molar-refractivity contribution in [2.24, 2.45) is 5.73 Å². The van der Waals surface area contributed by atoms with Crippen molar-refractivity contribution >= 4 is 29.3 Å². The number of benzene rings is 1. The van der Waals surface area contributed by atoms with Crippen LogP contribution in [0.3, 0.4) is 0 Å². The van der Waals surface area contributed by atoms with Crippen LogP contribution in [0.2, 0.25) is 5.02 Å². The number of nitrogens with two attached hydrogens (primary N) is 1. The van der Waals surface area contributed by atoms with Gasteiger partial charge < -0.3 is 16.2 Å². The van der Waals surface area contributed by atoms with Gasteiger partial charge >= 0.3 is 12.0 Å². The number of aliphatic carboxylic acids is 1. The molecular weight excluding hydrogens is 258 g/mol. The minimum absolute atomic E-state index is 0.273. The SMILES string of the molecule is NCCNC(=O)N(CC(=O)O)c1cccc(Cl)c1. The van der Waals surface area contributed by atoms with Crippen LogP contribution in [0.15, 0.2) is 24.3 Å². The summed E-state index contributed by atoms with van der Waals surface area (Å²) in [7, 11) is 0. The van der Waals surface area contributed by atoms with Crippen molar-refractivity contribution in [3.05, 3.63) is 29.3 Å². The Bertz CT molecular complexity index is 439. The molecule has 0 radical (unpaired) electrons. The van der Waals surface area contributed by atoms with Crippen molar-refractivity contribution in [1.82, 2.24) is 5.32 Å². The van der Waals surface area contributed by atoms with Crippen molar-refractivity contribution in [2.75, 3.05) is 24.5 Å². The zero-order chi connectivity index (χ0) is 13.5. The van der Waals surface area contributed by atoms with E-state index in [1.807, 2.05) is 0 Å². The summed E-state index contributed by atoms with van der Waals surface area (Å²) in [6, 6.07) is 5.89. The number of nitrogens with zero attached hydrogens (tertiary/aromatic N) is 1. The Balaban J connectivity index is 2.90. The lowest BCUT2D eigenvalue weighted by Crippen LogP contribution is -2.44. The number of amides is 2. The Morgan fingerprint density at radius 1 is 1.44 bits per heavy atom. The predicted octanol–water partition coefficient (Wildman–Crippen LogP) is 0.899. The third-order valence-corrected chi connectivity index (χ3v) is 2.31. The number of anilines is 1. The van der Waals surface area contributed by atoms with Gasteiger partial charge in [-0.3, -0.25) is 9.69 Å². The first kappa shape index (κ1) is 14.3. The fraction of sp³-hybridized carbons (Fsp3) is 0.273. The first-order valence-corrected chi connectivity index (χ1v) is 5.65. The van der Waals surface area contributed by atoms with Crippen molar-refractivity contribution in [1.29, 1.82) is 0 Å². The summed E-state index contributed by atoms with van der Waals surface area (Å²) < 4.78 is 0. The molecular formula is C11H14ClN3O3. The molecule has 0 saturated carbocycles. The number of rotatable bonds is 5. The minimum atomic E-state index is -1.11. The van der Waals surface area contributed by atoms with E-state index in [1.165, 1.54) is 6.07 Å². The maximum Gasteiger partial charge on any atom is 0.323 e. The third kappa shape index (κ3) is 4.23. The molecule has 0 fully saturated rings. The number of carbonyl (C=O) groups excluding carboxylic acids is 1. The summed E-state index contributed by atoms with van der Waals surface area (Å²) in [4.78, 5) is 23.7. The molecule has 0 aliphatic carbocycles. The van der Waals surface area contributed by atoms with Crippen LogP contribution in [-0.2, 0) is 4.79 Å². The topological polar surface area (TPSA) is 95.7 Å². The van der Waals surface area contributed by atoms with Crippen LogP contribution >= 0.6 is 11.6 Å². The number of nitrogens with one attached hydrogen (secondary N) is 1. The second-order valence-corrected chi connectivity index (χ2v) is 3.92. The molecule has 1 aromatic carbocycles. The van der Waals surface area contributed by atoms with E-state index in [2.05, 4.69) is 5.32 Å². The molecule has 0 spiro atoms. The van der Waals surface area contributed by atoms with Gasteiger partial charge in [0, 0.05) is 23.8 Å². The summed E-state index contributed by atoms with van der Waals surface area (Å²) in [5, 5.41) is 11.7. The van der Waals surface area contributed by atoms with Crippen LogP contribution in [0.4, 0.5) is 10.5 Å². The summed E-state index contributed by atoms with van der Waals surface area (Å²) in [5.41, 5.74) is 5.69. The summed E-state index contributed by atoms with van der Waals surface area (Å²) in [6.45, 7) is 0.106. The molecule has 98 valence electrons. The van der Waals surface area contributed by atoms with Crippen molar-refractivity contribution < 1.29 is 14.7 Å². The average Bonchev–Trinajstić information content (AvgIpc) is 2.32. The van der Waals surface area contributed by atoms with Gasteiger partial charge in [-0.05, 0) is 18.2 Å². The van der Waals surface area contributed by atoms with Crippen LogP contribution in [-0.4, -0.2) is 36.7 Å². The molecule has 4 N–H and O–H groups in total. The molecule has 7 heteroatoms. The molecule has 0 aliphatic heterocycles. The number of carboxylic acid groups (broad SMARTS) is 1. The average molecular weight is 272 g/mol. The Morgan fingerprint density at radius 3 is 2.72 bits per heavy atom. The normalized spacial score (nSPS) is 9.89. The zero-order valence-electron chi connectivity index (χ0n) is 9.60. The molecule has 0 aromatic heterocycles. The highest BCUT2D eigenvalue weighted by atomic mass is 35.5. The van der Waals surface area contributed by atoms with E-state index in [0.717, 1.165) is 4.90 Å². The molecule has 0 atom stereocenters. The maximum atomic E-state index is 11.8. The van der Waals surface area contributed by atoms with Gasteiger partial charge in [0.05, 0.1) is 0 Å². The number of urea groups is 1. The van der Waals surface area contributed by atoms with Gasteiger partial charge in [-0.1, -0.05) is 17.7 Å². The van der Waals surface area contributed by atoms with Gasteiger partial charge in [-0.2, -0.15) is 0 Å². The minimum Gasteiger partial charge on any atom is -0.480 e. The molecule has 2 amide bonds. The lowest BCUT2D eigenvalue weighted by Gasteiger charge is -2.21. The van der Waals surface area contributed by atoms with Crippen LogP contribution in [0.1, 0.15) is 0 Å². The van der Waals surface area contributed by atoms with Crippen LogP contribution < -0.4 is 16.0 Å². The smallest absolute Gasteiger partial charge is 0.323 e. The summed E-state index contributed by atoms with van der Waals surface area (Å²) >= 11 is 5.81. The number of halogens is 1. The molecule has 0 bridgehead atoms. The van der Waals surface area contributed by atoms with Gasteiger partial charge in [-0.25, -0.2) is 4.79 Å². The Morgan fingerprint density at radius 2 is 2.17 bits per heavy atom. The van der Waals surface area contributed by atoms with Gasteiger partial charge in [-0.15, -0.1) is 0 Å². The van der Waals surface area contributed by atoms with E-state index >= 15 is 0 Å². The van der Waals surface area contributed by atoms with Gasteiger partial charge in [0.25, 0.3) is 0 Å². The number of carboxylic acids is 1. The van der Waals surface area contributed by atoms with Gasteiger partial charge in [0.2, 0.25) is 0 Å². The van der Waals surface area contributed by atoms with E-state index in [1.54, 1.807) is 18.2 Å². The molecule has 0 unspecified atom stereocenters. The fourth-order valence-corrected chi connectivity index (χ4v) is 1.52. The van der Waals surface area contributed by atoms with E-state index < -0.39 is 18.5 Å². The first-order valence-electron chi connectivity index (χ1n) is 5.27. The highest BCUT2D eigenvalue weighted by Gasteiger charge is 2.18. The Hall–Kier alpha value is -1.79. The quantitative estimate of drug-likeness (QED) is 0.741. The molecule has 0 aliphatic rings. The van der Waals surface area contributed by atoms with Crippen molar-refractivity contribution in [3.8, 4) is 0 Å². The molecule has 1 aromatic rings. The number of hydrogen-bond acceptors (Lipinski definition) is 3. The maximum absolute atomic E-state index is 11.8. The second kappa shape index (κ2) is 6.83. The zero-order valence-corrected chi connectivity index (χ0v) is 10.4. The molecule has 0 saturated heterocycles. The monoisotopic (exact) mass is 271 g/mol. The standard InChI is InChI=1S/C11H14ClN3O3/c12-8-2-1-3-9(6-8)15(7-10(16)17)11(18)14-5-4-13/h1-3,6H,4-5,7,13H2,(H,14,18)(H,16,17). The Kier molecular flexibility index (Phi) is 5.41. The Labute approximate surface area is 109 Å². The largest absolute Gasteiger partial charge is 0.480 e. The van der Waals surface area contributed by atoms with Crippen LogP contribution in [0, 0.1) is 0 Å². The number of hydrogen-bond donors (Lipinski definition) is 3. The summed E-state index contributed by atoms with van der Waals surface area (Å²) in [5.74, 6) is -1.11. The van der Waals surface area contributed by atoms with E-state index in [-0.39, 0.29) is 13.1 Å². The predicted molar refractivity (Wildman–Crippen MR) is 68.9 cm³/mol. The highest BCUT2D eigenvalue weighted by molar-refractivity contribution is 6.30. The molecule has 1 rings (SSSR count). The van der Waals surface area contributed by atoms with Crippen LogP contribution in [0.25, 0.3) is 0 Å². The highest BCUT2D eigenvalue weighted by Crippen LogP contribution is 2.19. The second-order valence-electron chi connectivity index (χ2n) is 3.48. The lowest BCUT2D eigenvalue weighted by atomic mass is 10.3.